The van der Waals surface area contributed by atoms with Gasteiger partial charge in [-0.1, -0.05) is 0 Å². The van der Waals surface area contributed by atoms with Crippen molar-refractivity contribution in [2.75, 3.05) is 0 Å². The Kier molecular flexibility index (Phi) is 2.67. The third kappa shape index (κ3) is 1.65. The third-order valence-corrected chi connectivity index (χ3v) is 2.18. The molecule has 0 saturated carbocycles. The summed E-state index contributed by atoms with van der Waals surface area (Å²) in [5, 5.41) is 12.0. The van der Waals surface area contributed by atoms with Gasteiger partial charge >= 0.3 is 0 Å². The summed E-state index contributed by atoms with van der Waals surface area (Å²) in [6.07, 6.45) is 2.97. The standard InChI is InChI=1S/C10H10N2O.H3N/c1-7-5-9-3-4-12(13)6-10(9)11-8(7)2;/h3-6H,1-2H3;1H3. The molecule has 0 saturated heterocycles. The number of hydrogen-bond acceptors (Lipinski definition) is 3. The van der Waals surface area contributed by atoms with Crippen LogP contribution in [0.1, 0.15) is 11.3 Å². The highest BCUT2D eigenvalue weighted by Crippen LogP contribution is 2.13. The maximum atomic E-state index is 11.0. The van der Waals surface area contributed by atoms with Crippen molar-refractivity contribution in [2.45, 2.75) is 13.8 Å². The Bertz CT molecular complexity index is 468. The van der Waals surface area contributed by atoms with Crippen molar-refractivity contribution in [2.24, 2.45) is 0 Å². The Balaban J connectivity index is 0.000000980. The number of aryl methyl sites for hydroxylation is 2. The van der Waals surface area contributed by atoms with Gasteiger partial charge in [-0.3, -0.25) is 0 Å². The summed E-state index contributed by atoms with van der Waals surface area (Å²) in [6.45, 7) is 3.96. The number of fused-ring (bicyclic) bond motifs is 1. The van der Waals surface area contributed by atoms with Gasteiger partial charge in [0.25, 0.3) is 0 Å². The van der Waals surface area contributed by atoms with E-state index in [2.05, 4.69) is 4.98 Å². The van der Waals surface area contributed by atoms with Crippen LogP contribution in [0.4, 0.5) is 0 Å². The van der Waals surface area contributed by atoms with Crippen molar-refractivity contribution in [1.29, 1.82) is 0 Å². The van der Waals surface area contributed by atoms with E-state index in [1.54, 1.807) is 6.07 Å². The van der Waals surface area contributed by atoms with E-state index in [0.717, 1.165) is 26.9 Å². The Labute approximate surface area is 82.4 Å². The molecule has 14 heavy (non-hydrogen) atoms. The average Bonchev–Trinajstić information content (AvgIpc) is 2.08. The van der Waals surface area contributed by atoms with E-state index in [0.29, 0.717) is 0 Å². The lowest BCUT2D eigenvalue weighted by Crippen LogP contribution is -2.23. The average molecular weight is 191 g/mol. The molecule has 2 rings (SSSR count). The van der Waals surface area contributed by atoms with Crippen molar-refractivity contribution in [3.63, 3.8) is 0 Å². The smallest absolute Gasteiger partial charge is 0.206 e. The SMILES string of the molecule is Cc1cc2cc[n+]([O-])cc2nc1C.N. The van der Waals surface area contributed by atoms with Gasteiger partial charge in [0, 0.05) is 17.1 Å². The maximum absolute atomic E-state index is 11.0. The first-order chi connectivity index (χ1) is 6.16. The van der Waals surface area contributed by atoms with Crippen LogP contribution in [-0.4, -0.2) is 4.98 Å². The predicted octanol–water partition coefficient (Wildman–Crippen LogP) is 1.65. The molecular weight excluding hydrogens is 178 g/mol. The van der Waals surface area contributed by atoms with E-state index in [1.807, 2.05) is 19.9 Å². The first-order valence-corrected chi connectivity index (χ1v) is 4.13. The molecule has 4 nitrogen and oxygen atoms in total. The zero-order valence-electron chi connectivity index (χ0n) is 8.32. The third-order valence-electron chi connectivity index (χ3n) is 2.18. The molecule has 0 aromatic carbocycles. The fraction of sp³-hybridized carbons (Fsp3) is 0.200. The van der Waals surface area contributed by atoms with Gasteiger partial charge < -0.3 is 11.4 Å². The van der Waals surface area contributed by atoms with Crippen molar-refractivity contribution in [3.8, 4) is 0 Å². The van der Waals surface area contributed by atoms with E-state index < -0.39 is 0 Å². The minimum atomic E-state index is 0. The van der Waals surface area contributed by atoms with Crippen LogP contribution in [0.25, 0.3) is 10.9 Å². The van der Waals surface area contributed by atoms with Crippen molar-refractivity contribution < 1.29 is 4.73 Å². The number of rotatable bonds is 0. The first-order valence-electron chi connectivity index (χ1n) is 4.13. The normalized spacial score (nSPS) is 9.86. The van der Waals surface area contributed by atoms with Crippen LogP contribution in [0.5, 0.6) is 0 Å². The highest BCUT2D eigenvalue weighted by atomic mass is 16.5. The van der Waals surface area contributed by atoms with E-state index in [4.69, 9.17) is 0 Å². The Morgan fingerprint density at radius 3 is 2.79 bits per heavy atom. The lowest BCUT2D eigenvalue weighted by atomic mass is 10.1. The molecule has 0 aliphatic heterocycles. The largest absolute Gasteiger partial charge is 0.619 e. The molecule has 0 aliphatic carbocycles. The molecule has 2 aromatic heterocycles. The fourth-order valence-electron chi connectivity index (χ4n) is 1.30. The summed E-state index contributed by atoms with van der Waals surface area (Å²) < 4.78 is 0.768. The molecule has 0 spiro atoms. The van der Waals surface area contributed by atoms with Crippen molar-refractivity contribution in [1.82, 2.24) is 11.1 Å². The maximum Gasteiger partial charge on any atom is 0.206 e. The zero-order valence-corrected chi connectivity index (χ0v) is 8.32. The highest BCUT2D eigenvalue weighted by Gasteiger charge is 2.01. The molecule has 0 radical (unpaired) electrons. The molecule has 4 heteroatoms. The van der Waals surface area contributed by atoms with Gasteiger partial charge in [0.05, 0.1) is 0 Å². The van der Waals surface area contributed by atoms with Gasteiger partial charge in [0.2, 0.25) is 6.20 Å². The number of nitrogens with zero attached hydrogens (tertiary/aromatic N) is 2. The van der Waals surface area contributed by atoms with Crippen molar-refractivity contribution in [3.05, 3.63) is 41.0 Å². The summed E-state index contributed by atoms with van der Waals surface area (Å²) >= 11 is 0. The molecule has 2 aromatic rings. The van der Waals surface area contributed by atoms with Crippen molar-refractivity contribution >= 4 is 10.9 Å². The lowest BCUT2D eigenvalue weighted by molar-refractivity contribution is -0.604. The van der Waals surface area contributed by atoms with Gasteiger partial charge in [0.15, 0.2) is 6.20 Å². The minimum absolute atomic E-state index is 0. The minimum Gasteiger partial charge on any atom is -0.619 e. The van der Waals surface area contributed by atoms with Crippen LogP contribution >= 0.6 is 0 Å². The lowest BCUT2D eigenvalue weighted by Gasteiger charge is -2.02. The zero-order chi connectivity index (χ0) is 9.42. The first kappa shape index (κ1) is 10.4. The number of hydrogen-bond donors (Lipinski definition) is 1. The van der Waals surface area contributed by atoms with E-state index in [9.17, 15) is 5.21 Å². The second-order valence-corrected chi connectivity index (χ2v) is 3.17. The topological polar surface area (TPSA) is 74.8 Å². The van der Waals surface area contributed by atoms with Crippen LogP contribution in [-0.2, 0) is 0 Å². The Morgan fingerprint density at radius 1 is 1.36 bits per heavy atom. The van der Waals surface area contributed by atoms with Crippen LogP contribution in [0.15, 0.2) is 24.5 Å². The van der Waals surface area contributed by atoms with Crippen LogP contribution in [0.3, 0.4) is 0 Å². The summed E-state index contributed by atoms with van der Waals surface area (Å²) in [4.78, 5) is 4.32. The second-order valence-electron chi connectivity index (χ2n) is 3.17. The van der Waals surface area contributed by atoms with Gasteiger partial charge in [0.1, 0.15) is 5.52 Å². The summed E-state index contributed by atoms with van der Waals surface area (Å²) in [5.41, 5.74) is 2.87. The molecule has 0 bridgehead atoms. The molecule has 0 amide bonds. The van der Waals surface area contributed by atoms with Crippen LogP contribution in [0.2, 0.25) is 0 Å². The molecular formula is C10H13N3O. The number of aromatic nitrogens is 2. The molecule has 0 atom stereocenters. The molecule has 0 unspecified atom stereocenters. The quantitative estimate of drug-likeness (QED) is 0.508. The fourth-order valence-corrected chi connectivity index (χ4v) is 1.30. The van der Waals surface area contributed by atoms with Crippen LogP contribution in [0, 0.1) is 19.1 Å². The van der Waals surface area contributed by atoms with E-state index >= 15 is 0 Å². The summed E-state index contributed by atoms with van der Waals surface area (Å²) in [6, 6.07) is 3.82. The second kappa shape index (κ2) is 3.59. The summed E-state index contributed by atoms with van der Waals surface area (Å²) in [5.74, 6) is 0. The molecule has 0 fully saturated rings. The molecule has 0 aliphatic rings. The van der Waals surface area contributed by atoms with Gasteiger partial charge in [-0.25, -0.2) is 4.98 Å². The van der Waals surface area contributed by atoms with Gasteiger partial charge in [-0.15, -0.1) is 0 Å². The predicted molar refractivity (Wildman–Crippen MR) is 55.2 cm³/mol. The highest BCUT2D eigenvalue weighted by molar-refractivity contribution is 5.77. The molecule has 3 N–H and O–H groups in total. The molecule has 74 valence electrons. The van der Waals surface area contributed by atoms with Gasteiger partial charge in [-0.2, -0.15) is 4.73 Å². The Hall–Kier alpha value is -1.68. The van der Waals surface area contributed by atoms with E-state index in [1.165, 1.54) is 12.4 Å². The molecule has 2 heterocycles. The Morgan fingerprint density at radius 2 is 2.07 bits per heavy atom. The van der Waals surface area contributed by atoms with E-state index in [-0.39, 0.29) is 6.15 Å². The van der Waals surface area contributed by atoms with Crippen LogP contribution < -0.4 is 10.9 Å². The summed E-state index contributed by atoms with van der Waals surface area (Å²) in [7, 11) is 0. The van der Waals surface area contributed by atoms with Gasteiger partial charge in [-0.05, 0) is 25.5 Å². The number of pyridine rings is 2. The monoisotopic (exact) mass is 191 g/mol.